The minimum atomic E-state index is -2.90. The summed E-state index contributed by atoms with van der Waals surface area (Å²) in [7, 11) is 3.09. The van der Waals surface area contributed by atoms with Gasteiger partial charge in [-0.2, -0.15) is 20.5 Å². The predicted molar refractivity (Wildman–Crippen MR) is 111 cm³/mol. The molecule has 0 aromatic heterocycles. The Morgan fingerprint density at radius 2 is 1.96 bits per heavy atom. The van der Waals surface area contributed by atoms with Crippen LogP contribution in [0, 0.1) is 0 Å². The maximum Gasteiger partial charge on any atom is 0.387 e. The summed E-state index contributed by atoms with van der Waals surface area (Å²) < 4.78 is 34.5. The average molecular weight is 489 g/mol. The lowest BCUT2D eigenvalue weighted by molar-refractivity contribution is -0.0512. The molecule has 0 bridgehead atoms. The van der Waals surface area contributed by atoms with Crippen molar-refractivity contribution in [3.8, 4) is 11.5 Å². The van der Waals surface area contributed by atoms with Gasteiger partial charge in [0, 0.05) is 24.9 Å². The van der Waals surface area contributed by atoms with Gasteiger partial charge in [-0.1, -0.05) is 6.07 Å². The fourth-order valence-electron chi connectivity index (χ4n) is 1.79. The lowest BCUT2D eigenvalue weighted by Crippen LogP contribution is -2.42. The summed E-state index contributed by atoms with van der Waals surface area (Å²) in [5.74, 6) is 0.922. The summed E-state index contributed by atoms with van der Waals surface area (Å²) in [4.78, 5) is 4.15. The third-order valence-corrected chi connectivity index (χ3v) is 4.61. The van der Waals surface area contributed by atoms with Gasteiger partial charge in [-0.15, -0.1) is 24.0 Å². The normalized spacial score (nSPS) is 11.8. The van der Waals surface area contributed by atoms with E-state index in [0.717, 1.165) is 12.1 Å². The van der Waals surface area contributed by atoms with E-state index < -0.39 is 6.61 Å². The highest BCUT2D eigenvalue weighted by molar-refractivity contribution is 14.0. The molecule has 144 valence electrons. The number of nitrogens with zero attached hydrogens (tertiary/aromatic N) is 1. The zero-order chi connectivity index (χ0) is 18.2. The summed E-state index contributed by atoms with van der Waals surface area (Å²) in [5, 5.41) is 6.39. The van der Waals surface area contributed by atoms with E-state index in [4.69, 9.17) is 4.74 Å². The second kappa shape index (κ2) is 11.6. The Labute approximate surface area is 169 Å². The van der Waals surface area contributed by atoms with Gasteiger partial charge in [-0.05, 0) is 37.8 Å². The third-order valence-electron chi connectivity index (χ3n) is 3.36. The Morgan fingerprint density at radius 3 is 2.48 bits per heavy atom. The fraction of sp³-hybridized carbons (Fsp3) is 0.562. The molecule has 5 nitrogen and oxygen atoms in total. The molecule has 0 saturated heterocycles. The van der Waals surface area contributed by atoms with Crippen LogP contribution in [-0.2, 0) is 6.54 Å². The van der Waals surface area contributed by atoms with Crippen molar-refractivity contribution < 1.29 is 18.3 Å². The summed E-state index contributed by atoms with van der Waals surface area (Å²) in [5.41, 5.74) is 0.776. The molecule has 0 amide bonds. The number of thioether (sulfide) groups is 1. The zero-order valence-corrected chi connectivity index (χ0v) is 18.2. The fourth-order valence-corrected chi connectivity index (χ4v) is 2.01. The van der Waals surface area contributed by atoms with Gasteiger partial charge in [0.15, 0.2) is 17.5 Å². The maximum absolute atomic E-state index is 12.5. The highest BCUT2D eigenvalue weighted by Gasteiger charge is 2.16. The van der Waals surface area contributed by atoms with Gasteiger partial charge in [0.1, 0.15) is 0 Å². The number of halogens is 3. The lowest BCUT2D eigenvalue weighted by Gasteiger charge is -2.23. The van der Waals surface area contributed by atoms with Crippen molar-refractivity contribution in [3.05, 3.63) is 23.8 Å². The molecule has 2 N–H and O–H groups in total. The summed E-state index contributed by atoms with van der Waals surface area (Å²) in [6, 6.07) is 4.90. The third kappa shape index (κ3) is 8.80. The van der Waals surface area contributed by atoms with Gasteiger partial charge in [0.05, 0.1) is 7.11 Å². The Bertz CT molecular complexity index is 560. The van der Waals surface area contributed by atoms with E-state index >= 15 is 0 Å². The van der Waals surface area contributed by atoms with Gasteiger partial charge >= 0.3 is 6.61 Å². The first kappa shape index (κ1) is 24.0. The van der Waals surface area contributed by atoms with Crippen LogP contribution in [0.25, 0.3) is 0 Å². The van der Waals surface area contributed by atoms with E-state index in [-0.39, 0.29) is 40.2 Å². The minimum absolute atomic E-state index is 0. The van der Waals surface area contributed by atoms with Crippen LogP contribution in [0.1, 0.15) is 19.4 Å². The van der Waals surface area contributed by atoms with E-state index in [2.05, 4.69) is 40.5 Å². The number of hydrogen-bond acceptors (Lipinski definition) is 4. The van der Waals surface area contributed by atoms with E-state index in [1.165, 1.54) is 13.2 Å². The smallest absolute Gasteiger partial charge is 0.387 e. The monoisotopic (exact) mass is 489 g/mol. The van der Waals surface area contributed by atoms with Crippen molar-refractivity contribution in [1.82, 2.24) is 10.6 Å². The number of benzene rings is 1. The predicted octanol–water partition coefficient (Wildman–Crippen LogP) is 3.72. The van der Waals surface area contributed by atoms with Crippen molar-refractivity contribution in [1.29, 1.82) is 0 Å². The van der Waals surface area contributed by atoms with E-state index in [9.17, 15) is 8.78 Å². The molecule has 1 aromatic rings. The zero-order valence-electron chi connectivity index (χ0n) is 15.1. The molecule has 0 saturated carbocycles. The van der Waals surface area contributed by atoms with Crippen LogP contribution in [0.4, 0.5) is 8.78 Å². The first-order chi connectivity index (χ1) is 11.3. The van der Waals surface area contributed by atoms with Gasteiger partial charge < -0.3 is 20.1 Å². The molecule has 0 unspecified atom stereocenters. The van der Waals surface area contributed by atoms with Crippen LogP contribution in [0.3, 0.4) is 0 Å². The van der Waals surface area contributed by atoms with Crippen LogP contribution in [0.15, 0.2) is 23.2 Å². The number of hydrogen-bond donors (Lipinski definition) is 2. The van der Waals surface area contributed by atoms with E-state index in [1.54, 1.807) is 30.9 Å². The number of ether oxygens (including phenoxy) is 2. The van der Waals surface area contributed by atoms with Crippen molar-refractivity contribution in [2.45, 2.75) is 31.8 Å². The standard InChI is InChI=1S/C16H25F2N3O2S.HI/c1-16(2,24-5)10-21-15(19-3)20-9-11-6-7-12(22-4)13(8-11)23-14(17)18;/h6-8,14H,9-10H2,1-5H3,(H2,19,20,21);1H. The number of aliphatic imine (C=N–C) groups is 1. The Morgan fingerprint density at radius 1 is 1.28 bits per heavy atom. The number of nitrogens with one attached hydrogen (secondary N) is 2. The van der Waals surface area contributed by atoms with Gasteiger partial charge in [0.25, 0.3) is 0 Å². The molecule has 0 radical (unpaired) electrons. The van der Waals surface area contributed by atoms with Gasteiger partial charge in [-0.3, -0.25) is 4.99 Å². The summed E-state index contributed by atoms with van der Waals surface area (Å²) in [6.07, 6.45) is 2.06. The molecule has 25 heavy (non-hydrogen) atoms. The molecular weight excluding hydrogens is 463 g/mol. The van der Waals surface area contributed by atoms with Crippen molar-refractivity contribution in [3.63, 3.8) is 0 Å². The molecule has 0 aliphatic heterocycles. The van der Waals surface area contributed by atoms with E-state index in [1.807, 2.05) is 0 Å². The Hall–Kier alpha value is -0.970. The quantitative estimate of drug-likeness (QED) is 0.331. The molecule has 0 atom stereocenters. The van der Waals surface area contributed by atoms with Crippen LogP contribution in [-0.4, -0.2) is 44.3 Å². The number of guanidine groups is 1. The average Bonchev–Trinajstić information content (AvgIpc) is 2.54. The van der Waals surface area contributed by atoms with Gasteiger partial charge in [0.2, 0.25) is 0 Å². The summed E-state index contributed by atoms with van der Waals surface area (Å²) >= 11 is 1.76. The minimum Gasteiger partial charge on any atom is -0.493 e. The SMILES string of the molecule is CN=C(NCc1ccc(OC)c(OC(F)F)c1)NCC(C)(C)SC.I. The highest BCUT2D eigenvalue weighted by Crippen LogP contribution is 2.29. The maximum atomic E-state index is 12.5. The molecular formula is C16H26F2IN3O2S. The molecule has 0 spiro atoms. The molecule has 1 rings (SSSR count). The van der Waals surface area contributed by atoms with Crippen LogP contribution in [0.2, 0.25) is 0 Å². The Kier molecular flexibility index (Phi) is 11.2. The first-order valence-corrected chi connectivity index (χ1v) is 8.65. The van der Waals surface area contributed by atoms with Crippen molar-refractivity contribution >= 4 is 41.7 Å². The summed E-state index contributed by atoms with van der Waals surface area (Å²) in [6.45, 7) is 2.54. The second-order valence-electron chi connectivity index (χ2n) is 5.61. The number of rotatable bonds is 8. The first-order valence-electron chi connectivity index (χ1n) is 7.42. The number of methoxy groups -OCH3 is 1. The Balaban J connectivity index is 0.00000576. The van der Waals surface area contributed by atoms with Crippen LogP contribution >= 0.6 is 35.7 Å². The van der Waals surface area contributed by atoms with Crippen LogP contribution < -0.4 is 20.1 Å². The number of alkyl halides is 2. The second-order valence-corrected chi connectivity index (χ2v) is 7.12. The topological polar surface area (TPSA) is 54.9 Å². The van der Waals surface area contributed by atoms with E-state index in [0.29, 0.717) is 12.5 Å². The molecule has 9 heteroatoms. The van der Waals surface area contributed by atoms with Crippen molar-refractivity contribution in [2.75, 3.05) is 27.0 Å². The highest BCUT2D eigenvalue weighted by atomic mass is 127. The molecule has 0 aliphatic rings. The lowest BCUT2D eigenvalue weighted by atomic mass is 10.2. The molecule has 0 heterocycles. The largest absolute Gasteiger partial charge is 0.493 e. The van der Waals surface area contributed by atoms with Crippen LogP contribution in [0.5, 0.6) is 11.5 Å². The van der Waals surface area contributed by atoms with Crippen molar-refractivity contribution in [2.24, 2.45) is 4.99 Å². The molecule has 0 aliphatic carbocycles. The molecule has 1 aromatic carbocycles. The molecule has 0 fully saturated rings. The van der Waals surface area contributed by atoms with Gasteiger partial charge in [-0.25, -0.2) is 0 Å².